The van der Waals surface area contributed by atoms with E-state index in [4.69, 9.17) is 21.1 Å². The Bertz CT molecular complexity index is 299. The molecule has 0 aliphatic carbocycles. The van der Waals surface area contributed by atoms with Gasteiger partial charge in [-0.05, 0) is 6.92 Å². The Kier molecular flexibility index (Phi) is 3.25. The molecule has 3 nitrogen and oxygen atoms in total. The molecule has 0 aromatic heterocycles. The molecule has 13 heavy (non-hydrogen) atoms. The number of hydrogen-bond donors (Lipinski definition) is 1. The third-order valence-corrected chi connectivity index (χ3v) is 1.73. The fraction of sp³-hybridized carbons (Fsp3) is 0.333. The topological polar surface area (TPSA) is 38.7 Å². The highest BCUT2D eigenvalue weighted by Crippen LogP contribution is 2.39. The minimum absolute atomic E-state index is 0.00815. The first kappa shape index (κ1) is 9.99. The van der Waals surface area contributed by atoms with Gasteiger partial charge in [0.1, 0.15) is 0 Å². The summed E-state index contributed by atoms with van der Waals surface area (Å²) >= 11 is 5.71. The maximum Gasteiger partial charge on any atom is 0.203 e. The Balaban J connectivity index is 3.13. The van der Waals surface area contributed by atoms with E-state index in [1.165, 1.54) is 13.2 Å². The summed E-state index contributed by atoms with van der Waals surface area (Å²) in [6, 6.07) is 3.00. The van der Waals surface area contributed by atoms with E-state index in [0.29, 0.717) is 23.1 Å². The van der Waals surface area contributed by atoms with Gasteiger partial charge in [-0.3, -0.25) is 0 Å². The van der Waals surface area contributed by atoms with Crippen LogP contribution in [0, 0.1) is 0 Å². The summed E-state index contributed by atoms with van der Waals surface area (Å²) in [6.45, 7) is 2.29. The van der Waals surface area contributed by atoms with Crippen LogP contribution < -0.4 is 9.47 Å². The van der Waals surface area contributed by atoms with Gasteiger partial charge in [-0.1, -0.05) is 11.6 Å². The summed E-state index contributed by atoms with van der Waals surface area (Å²) in [7, 11) is 1.49. The van der Waals surface area contributed by atoms with Crippen molar-refractivity contribution in [1.29, 1.82) is 0 Å². The van der Waals surface area contributed by atoms with Gasteiger partial charge >= 0.3 is 0 Å². The van der Waals surface area contributed by atoms with E-state index >= 15 is 0 Å². The van der Waals surface area contributed by atoms with Crippen LogP contribution in [0.1, 0.15) is 6.92 Å². The van der Waals surface area contributed by atoms with Crippen LogP contribution in [0.4, 0.5) is 0 Å². The van der Waals surface area contributed by atoms with E-state index in [1.54, 1.807) is 6.07 Å². The maximum atomic E-state index is 9.44. The Hall–Kier alpha value is -1.09. The van der Waals surface area contributed by atoms with E-state index in [1.807, 2.05) is 6.92 Å². The van der Waals surface area contributed by atoms with Crippen LogP contribution >= 0.6 is 11.6 Å². The van der Waals surface area contributed by atoms with Crippen LogP contribution in [0.25, 0.3) is 0 Å². The molecule has 0 saturated carbocycles. The van der Waals surface area contributed by atoms with E-state index in [9.17, 15) is 5.11 Å². The number of halogens is 1. The van der Waals surface area contributed by atoms with E-state index in [2.05, 4.69) is 0 Å². The van der Waals surface area contributed by atoms with Gasteiger partial charge in [-0.2, -0.15) is 0 Å². The summed E-state index contributed by atoms with van der Waals surface area (Å²) in [5, 5.41) is 9.86. The number of ether oxygens (including phenoxy) is 2. The SMILES string of the molecule is CCOc1c(O)cc(Cl)cc1OC. The van der Waals surface area contributed by atoms with Gasteiger partial charge in [0.05, 0.1) is 13.7 Å². The highest BCUT2D eigenvalue weighted by molar-refractivity contribution is 6.31. The summed E-state index contributed by atoms with van der Waals surface area (Å²) in [6.07, 6.45) is 0. The molecule has 0 aliphatic heterocycles. The van der Waals surface area contributed by atoms with Gasteiger partial charge < -0.3 is 14.6 Å². The average molecular weight is 203 g/mol. The number of rotatable bonds is 3. The van der Waals surface area contributed by atoms with Crippen LogP contribution in [0.3, 0.4) is 0 Å². The highest BCUT2D eigenvalue weighted by atomic mass is 35.5. The van der Waals surface area contributed by atoms with Crippen LogP contribution in [0.2, 0.25) is 5.02 Å². The van der Waals surface area contributed by atoms with Gasteiger partial charge in [0.2, 0.25) is 5.75 Å². The molecule has 0 aliphatic rings. The first-order chi connectivity index (χ1) is 6.19. The molecular weight excluding hydrogens is 192 g/mol. The van der Waals surface area contributed by atoms with Gasteiger partial charge in [0, 0.05) is 17.2 Å². The van der Waals surface area contributed by atoms with Crippen molar-refractivity contribution in [3.05, 3.63) is 17.2 Å². The second kappa shape index (κ2) is 4.23. The minimum atomic E-state index is -0.00815. The van der Waals surface area contributed by atoms with Crippen LogP contribution in [0.15, 0.2) is 12.1 Å². The van der Waals surface area contributed by atoms with Crippen LogP contribution in [0.5, 0.6) is 17.2 Å². The average Bonchev–Trinajstić information content (AvgIpc) is 2.09. The fourth-order valence-electron chi connectivity index (χ4n) is 0.996. The van der Waals surface area contributed by atoms with E-state index in [0.717, 1.165) is 0 Å². The lowest BCUT2D eigenvalue weighted by Gasteiger charge is -2.10. The van der Waals surface area contributed by atoms with Crippen LogP contribution in [-0.2, 0) is 0 Å². The number of phenolic OH excluding ortho intramolecular Hbond substituents is 1. The van der Waals surface area contributed by atoms with Gasteiger partial charge in [0.15, 0.2) is 11.5 Å². The van der Waals surface area contributed by atoms with Crippen molar-refractivity contribution in [1.82, 2.24) is 0 Å². The Morgan fingerprint density at radius 3 is 2.69 bits per heavy atom. The summed E-state index contributed by atoms with van der Waals surface area (Å²) in [4.78, 5) is 0. The quantitative estimate of drug-likeness (QED) is 0.819. The lowest BCUT2D eigenvalue weighted by molar-refractivity contribution is 0.293. The molecule has 0 unspecified atom stereocenters. The predicted octanol–water partition coefficient (Wildman–Crippen LogP) is 2.45. The summed E-state index contributed by atoms with van der Waals surface area (Å²) < 4.78 is 10.2. The fourth-order valence-corrected chi connectivity index (χ4v) is 1.20. The molecular formula is C9H11ClO3. The summed E-state index contributed by atoms with van der Waals surface area (Å²) in [5.74, 6) is 0.757. The molecule has 1 N–H and O–H groups in total. The minimum Gasteiger partial charge on any atom is -0.504 e. The molecule has 0 atom stereocenters. The molecule has 1 rings (SSSR count). The van der Waals surface area contributed by atoms with Crippen molar-refractivity contribution in [3.63, 3.8) is 0 Å². The first-order valence-corrected chi connectivity index (χ1v) is 4.26. The smallest absolute Gasteiger partial charge is 0.203 e. The zero-order valence-corrected chi connectivity index (χ0v) is 8.26. The van der Waals surface area contributed by atoms with Crippen molar-refractivity contribution in [2.45, 2.75) is 6.92 Å². The molecule has 72 valence electrons. The number of methoxy groups -OCH3 is 1. The molecule has 4 heteroatoms. The maximum absolute atomic E-state index is 9.44. The Morgan fingerprint density at radius 1 is 1.46 bits per heavy atom. The molecule has 0 radical (unpaired) electrons. The monoisotopic (exact) mass is 202 g/mol. The number of aromatic hydroxyl groups is 1. The molecule has 0 spiro atoms. The van der Waals surface area contributed by atoms with E-state index < -0.39 is 0 Å². The van der Waals surface area contributed by atoms with Crippen molar-refractivity contribution in [3.8, 4) is 17.2 Å². The zero-order chi connectivity index (χ0) is 9.84. The second-order valence-corrected chi connectivity index (χ2v) is 2.83. The molecule has 0 fully saturated rings. The second-order valence-electron chi connectivity index (χ2n) is 2.39. The van der Waals surface area contributed by atoms with Gasteiger partial charge in [-0.25, -0.2) is 0 Å². The van der Waals surface area contributed by atoms with Crippen molar-refractivity contribution >= 4 is 11.6 Å². The third-order valence-electron chi connectivity index (χ3n) is 1.51. The zero-order valence-electron chi connectivity index (χ0n) is 7.50. The lowest BCUT2D eigenvalue weighted by atomic mass is 10.3. The Labute approximate surface area is 81.9 Å². The molecule has 0 bridgehead atoms. The van der Waals surface area contributed by atoms with Crippen molar-refractivity contribution in [2.75, 3.05) is 13.7 Å². The largest absolute Gasteiger partial charge is 0.504 e. The third kappa shape index (κ3) is 2.18. The molecule has 0 saturated heterocycles. The first-order valence-electron chi connectivity index (χ1n) is 3.88. The van der Waals surface area contributed by atoms with E-state index in [-0.39, 0.29) is 5.75 Å². The normalized spacial score (nSPS) is 9.77. The molecule has 0 amide bonds. The number of benzene rings is 1. The summed E-state index contributed by atoms with van der Waals surface area (Å²) in [5.41, 5.74) is 0. The molecule has 0 heterocycles. The lowest BCUT2D eigenvalue weighted by Crippen LogP contribution is -1.95. The van der Waals surface area contributed by atoms with Crippen LogP contribution in [-0.4, -0.2) is 18.8 Å². The molecule has 1 aromatic carbocycles. The van der Waals surface area contributed by atoms with Crippen molar-refractivity contribution < 1.29 is 14.6 Å². The van der Waals surface area contributed by atoms with Gasteiger partial charge in [-0.15, -0.1) is 0 Å². The Morgan fingerprint density at radius 2 is 2.15 bits per heavy atom. The molecule has 1 aromatic rings. The number of hydrogen-bond acceptors (Lipinski definition) is 3. The predicted molar refractivity (Wildman–Crippen MR) is 50.8 cm³/mol. The number of phenols is 1. The van der Waals surface area contributed by atoms with Gasteiger partial charge in [0.25, 0.3) is 0 Å². The highest BCUT2D eigenvalue weighted by Gasteiger charge is 2.10. The standard InChI is InChI=1S/C9H11ClO3/c1-3-13-9-7(11)4-6(10)5-8(9)12-2/h4-5,11H,3H2,1-2H3. The van der Waals surface area contributed by atoms with Crippen molar-refractivity contribution in [2.24, 2.45) is 0 Å².